The van der Waals surface area contributed by atoms with Gasteiger partial charge in [-0.3, -0.25) is 9.59 Å². The van der Waals surface area contributed by atoms with E-state index >= 15 is 0 Å². The summed E-state index contributed by atoms with van der Waals surface area (Å²) >= 11 is 0. The Labute approximate surface area is 160 Å². The largest absolute Gasteiger partial charge is 0.394 e. The molecule has 1 saturated carbocycles. The van der Waals surface area contributed by atoms with Gasteiger partial charge in [0.15, 0.2) is 0 Å². The zero-order valence-electron chi connectivity index (χ0n) is 15.4. The maximum atomic E-state index is 14.5. The van der Waals surface area contributed by atoms with Crippen molar-refractivity contribution in [2.75, 3.05) is 13.2 Å². The number of fused-ring (bicyclic) bond motifs is 2. The maximum absolute atomic E-state index is 14.5. The van der Waals surface area contributed by atoms with Gasteiger partial charge in [0.25, 0.3) is 0 Å². The first-order valence-corrected chi connectivity index (χ1v) is 9.73. The Kier molecular flexibility index (Phi) is 4.84. The predicted molar refractivity (Wildman–Crippen MR) is 92.2 cm³/mol. The summed E-state index contributed by atoms with van der Waals surface area (Å²) in [6, 6.07) is 4.68. The first kappa shape index (κ1) is 19.6. The number of benzene rings is 1. The number of hydrogen-bond acceptors (Lipinski definition) is 3. The van der Waals surface area contributed by atoms with E-state index in [1.165, 1.54) is 6.07 Å². The van der Waals surface area contributed by atoms with Crippen LogP contribution in [0.1, 0.15) is 43.2 Å². The number of ether oxygens (including phenoxy) is 1. The molecule has 1 aromatic rings. The van der Waals surface area contributed by atoms with Crippen LogP contribution < -0.4 is 0 Å². The summed E-state index contributed by atoms with van der Waals surface area (Å²) in [6.45, 7) is -0.407. The number of Topliss-reactive ketones (excluding diaryl/α,β-unsaturated/α-hetero) is 2. The molecule has 1 aliphatic heterocycles. The van der Waals surface area contributed by atoms with E-state index < -0.39 is 47.6 Å². The molecule has 3 nitrogen and oxygen atoms in total. The number of hydrogen-bond donors (Lipinski definition) is 0. The highest BCUT2D eigenvalue weighted by Gasteiger charge is 2.54. The average molecular weight is 398 g/mol. The Bertz CT molecular complexity index is 797. The normalized spacial score (nSPS) is 29.3. The summed E-state index contributed by atoms with van der Waals surface area (Å²) in [5, 5.41) is 0. The van der Waals surface area contributed by atoms with Crippen LogP contribution in [0, 0.1) is 23.6 Å². The van der Waals surface area contributed by atoms with Gasteiger partial charge in [0, 0.05) is 30.4 Å². The highest BCUT2D eigenvalue weighted by atomic mass is 19.4. The van der Waals surface area contributed by atoms with Crippen molar-refractivity contribution < 1.29 is 31.9 Å². The van der Waals surface area contributed by atoms with Crippen molar-refractivity contribution in [1.29, 1.82) is 0 Å². The van der Waals surface area contributed by atoms with Crippen molar-refractivity contribution in [3.8, 4) is 0 Å². The third-order valence-electron chi connectivity index (χ3n) is 6.73. The van der Waals surface area contributed by atoms with E-state index in [4.69, 9.17) is 4.74 Å². The second-order valence-corrected chi connectivity index (χ2v) is 8.26. The molecule has 3 unspecified atom stereocenters. The van der Waals surface area contributed by atoms with Crippen molar-refractivity contribution >= 4 is 11.6 Å². The lowest BCUT2D eigenvalue weighted by molar-refractivity contribution is -0.215. The highest BCUT2D eigenvalue weighted by Crippen LogP contribution is 2.52. The molecule has 1 heterocycles. The van der Waals surface area contributed by atoms with E-state index in [0.717, 1.165) is 6.42 Å². The van der Waals surface area contributed by atoms with E-state index in [-0.39, 0.29) is 31.7 Å². The standard InChI is InChI=1S/C21H22F4O3/c22-16-4-1-3-12-9-13(19(27)20(18(12)16)6-2-7-20)10-17(26)14-5-8-28-11-15(14)21(23,24)25/h1,3-4,13-15H,2,5-11H2. The number of carbonyl (C=O) groups is 2. The summed E-state index contributed by atoms with van der Waals surface area (Å²) in [7, 11) is 0. The Morgan fingerprint density at radius 2 is 2.00 bits per heavy atom. The number of halogens is 4. The lowest BCUT2D eigenvalue weighted by Gasteiger charge is -2.47. The Balaban J connectivity index is 1.58. The first-order chi connectivity index (χ1) is 13.2. The number of ketones is 2. The second-order valence-electron chi connectivity index (χ2n) is 8.26. The zero-order valence-corrected chi connectivity index (χ0v) is 15.4. The minimum Gasteiger partial charge on any atom is -0.381 e. The molecule has 2 aliphatic carbocycles. The number of rotatable bonds is 3. The molecule has 2 fully saturated rings. The van der Waals surface area contributed by atoms with Crippen LogP contribution in [0.15, 0.2) is 18.2 Å². The molecular weight excluding hydrogens is 376 g/mol. The number of carbonyl (C=O) groups excluding carboxylic acids is 2. The molecule has 1 aromatic carbocycles. The maximum Gasteiger partial charge on any atom is 0.394 e. The quantitative estimate of drug-likeness (QED) is 0.718. The van der Waals surface area contributed by atoms with E-state index in [0.29, 0.717) is 24.0 Å². The van der Waals surface area contributed by atoms with Crippen LogP contribution in [-0.2, 0) is 26.2 Å². The molecule has 0 N–H and O–H groups in total. The molecule has 1 saturated heterocycles. The van der Waals surface area contributed by atoms with Gasteiger partial charge in [-0.05, 0) is 37.3 Å². The minimum atomic E-state index is -4.51. The summed E-state index contributed by atoms with van der Waals surface area (Å²) in [5.74, 6) is -4.79. The fourth-order valence-corrected chi connectivity index (χ4v) is 5.18. The SMILES string of the molecule is O=C(CC1Cc2cccc(F)c2C2(CCC2)C1=O)C1CCOCC1C(F)(F)F. The molecule has 0 radical (unpaired) electrons. The van der Waals surface area contributed by atoms with Gasteiger partial charge in [-0.15, -0.1) is 0 Å². The van der Waals surface area contributed by atoms with Crippen LogP contribution >= 0.6 is 0 Å². The third-order valence-corrected chi connectivity index (χ3v) is 6.73. The lowest BCUT2D eigenvalue weighted by atomic mass is 9.54. The van der Waals surface area contributed by atoms with Gasteiger partial charge in [0.05, 0.1) is 17.9 Å². The molecule has 3 atom stereocenters. The van der Waals surface area contributed by atoms with Gasteiger partial charge >= 0.3 is 6.18 Å². The van der Waals surface area contributed by atoms with E-state index in [1.54, 1.807) is 12.1 Å². The van der Waals surface area contributed by atoms with Crippen molar-refractivity contribution in [1.82, 2.24) is 0 Å². The van der Waals surface area contributed by atoms with Crippen molar-refractivity contribution in [3.05, 3.63) is 35.1 Å². The smallest absolute Gasteiger partial charge is 0.381 e. The minimum absolute atomic E-state index is 0.0142. The monoisotopic (exact) mass is 398 g/mol. The average Bonchev–Trinajstić information content (AvgIpc) is 2.61. The third kappa shape index (κ3) is 3.08. The van der Waals surface area contributed by atoms with Gasteiger partial charge in [-0.2, -0.15) is 13.2 Å². The summed E-state index contributed by atoms with van der Waals surface area (Å²) < 4.78 is 59.3. The summed E-state index contributed by atoms with van der Waals surface area (Å²) in [6.07, 6.45) is -2.63. The summed E-state index contributed by atoms with van der Waals surface area (Å²) in [5.41, 5.74) is 0.244. The molecule has 0 bridgehead atoms. The Hall–Kier alpha value is -1.76. The van der Waals surface area contributed by atoms with Crippen LogP contribution in [0.5, 0.6) is 0 Å². The lowest BCUT2D eigenvalue weighted by Crippen LogP contribution is -2.51. The van der Waals surface area contributed by atoms with E-state index in [1.807, 2.05) is 0 Å². The van der Waals surface area contributed by atoms with Crippen LogP contribution in [0.4, 0.5) is 17.6 Å². The Morgan fingerprint density at radius 3 is 2.64 bits per heavy atom. The highest BCUT2D eigenvalue weighted by molar-refractivity contribution is 5.98. The van der Waals surface area contributed by atoms with Gasteiger partial charge in [-0.25, -0.2) is 4.39 Å². The fourth-order valence-electron chi connectivity index (χ4n) is 5.18. The second kappa shape index (κ2) is 6.94. The van der Waals surface area contributed by atoms with E-state index in [9.17, 15) is 27.2 Å². The molecule has 3 aliphatic rings. The van der Waals surface area contributed by atoms with Crippen LogP contribution in [0.3, 0.4) is 0 Å². The molecule has 152 valence electrons. The Morgan fingerprint density at radius 1 is 1.25 bits per heavy atom. The molecule has 0 aromatic heterocycles. The molecular formula is C21H22F4O3. The van der Waals surface area contributed by atoms with Gasteiger partial charge < -0.3 is 4.74 Å². The van der Waals surface area contributed by atoms with Crippen molar-refractivity contribution in [2.24, 2.45) is 17.8 Å². The number of alkyl halides is 3. The van der Waals surface area contributed by atoms with Crippen molar-refractivity contribution in [3.63, 3.8) is 0 Å². The van der Waals surface area contributed by atoms with Gasteiger partial charge in [0.1, 0.15) is 17.4 Å². The van der Waals surface area contributed by atoms with E-state index in [2.05, 4.69) is 0 Å². The van der Waals surface area contributed by atoms with Crippen LogP contribution in [-0.4, -0.2) is 31.0 Å². The zero-order chi connectivity index (χ0) is 20.1. The predicted octanol–water partition coefficient (Wildman–Crippen LogP) is 4.16. The molecule has 1 spiro atoms. The van der Waals surface area contributed by atoms with Gasteiger partial charge in [0.2, 0.25) is 0 Å². The fraction of sp³-hybridized carbons (Fsp3) is 0.619. The van der Waals surface area contributed by atoms with Gasteiger partial charge in [-0.1, -0.05) is 18.6 Å². The van der Waals surface area contributed by atoms with Crippen LogP contribution in [0.2, 0.25) is 0 Å². The molecule has 7 heteroatoms. The molecule has 28 heavy (non-hydrogen) atoms. The topological polar surface area (TPSA) is 43.4 Å². The van der Waals surface area contributed by atoms with Crippen LogP contribution in [0.25, 0.3) is 0 Å². The summed E-state index contributed by atoms with van der Waals surface area (Å²) in [4.78, 5) is 26.0. The van der Waals surface area contributed by atoms with Crippen molar-refractivity contribution in [2.45, 2.75) is 50.1 Å². The molecule has 4 rings (SSSR count). The first-order valence-electron chi connectivity index (χ1n) is 9.73. The molecule has 0 amide bonds.